The third kappa shape index (κ3) is 1.48. The van der Waals surface area contributed by atoms with Crippen LogP contribution < -0.4 is 0 Å². The van der Waals surface area contributed by atoms with Gasteiger partial charge in [0, 0.05) is 0 Å². The maximum atomic E-state index is 13.5. The van der Waals surface area contributed by atoms with Gasteiger partial charge in [-0.2, -0.15) is 0 Å². The van der Waals surface area contributed by atoms with Crippen LogP contribution >= 0.6 is 0 Å². The summed E-state index contributed by atoms with van der Waals surface area (Å²) in [4.78, 5) is 0. The number of benzene rings is 1. The molecule has 0 amide bonds. The number of hydrogen-bond donors (Lipinski definition) is 1. The highest BCUT2D eigenvalue weighted by molar-refractivity contribution is 5.38. The second-order valence-electron chi connectivity index (χ2n) is 4.95. The Bertz CT molecular complexity index is 398. The molecule has 1 N–H and O–H groups in total. The van der Waals surface area contributed by atoms with Crippen LogP contribution in [0.4, 0.5) is 4.39 Å². The zero-order valence-electron chi connectivity index (χ0n) is 8.67. The normalized spacial score (nSPS) is 29.2. The lowest BCUT2D eigenvalue weighted by Gasteiger charge is -2.23. The first-order valence-electron chi connectivity index (χ1n) is 5.69. The smallest absolute Gasteiger partial charge is 0.126 e. The molecule has 0 heterocycles. The molecule has 0 saturated heterocycles. The van der Waals surface area contributed by atoms with E-state index in [-0.39, 0.29) is 5.82 Å². The highest BCUT2D eigenvalue weighted by Gasteiger charge is 2.41. The molecule has 1 aromatic carbocycles. The summed E-state index contributed by atoms with van der Waals surface area (Å²) in [5.41, 5.74) is 0.841. The summed E-state index contributed by atoms with van der Waals surface area (Å²) in [5, 5.41) is 10.5. The van der Waals surface area contributed by atoms with Gasteiger partial charge in [0.25, 0.3) is 0 Å². The Morgan fingerprint density at radius 2 is 2.20 bits per heavy atom. The van der Waals surface area contributed by atoms with E-state index in [9.17, 15) is 9.50 Å². The molecule has 0 aromatic heterocycles. The molecule has 0 bridgehead atoms. The first-order chi connectivity index (χ1) is 7.19. The van der Waals surface area contributed by atoms with E-state index >= 15 is 0 Å². The van der Waals surface area contributed by atoms with Gasteiger partial charge in [0.2, 0.25) is 0 Å². The monoisotopic (exact) mass is 206 g/mol. The highest BCUT2D eigenvalue weighted by Crippen LogP contribution is 2.47. The lowest BCUT2D eigenvalue weighted by atomic mass is 9.90. The first kappa shape index (κ1) is 9.34. The predicted molar refractivity (Wildman–Crippen MR) is 56.0 cm³/mol. The molecule has 1 saturated carbocycles. The van der Waals surface area contributed by atoms with Crippen molar-refractivity contribution in [2.75, 3.05) is 0 Å². The minimum Gasteiger partial charge on any atom is -0.385 e. The number of fused-ring (bicyclic) bond motifs is 1. The molecule has 0 radical (unpaired) electrons. The van der Waals surface area contributed by atoms with Crippen molar-refractivity contribution >= 4 is 0 Å². The van der Waals surface area contributed by atoms with Crippen molar-refractivity contribution < 1.29 is 9.50 Å². The summed E-state index contributed by atoms with van der Waals surface area (Å²) in [6.07, 6.45) is 4.66. The van der Waals surface area contributed by atoms with Crippen molar-refractivity contribution in [3.8, 4) is 0 Å². The first-order valence-corrected chi connectivity index (χ1v) is 5.69. The van der Waals surface area contributed by atoms with Crippen LogP contribution in [0.3, 0.4) is 0 Å². The lowest BCUT2D eigenvalue weighted by Crippen LogP contribution is -2.22. The summed E-state index contributed by atoms with van der Waals surface area (Å²) >= 11 is 0. The number of halogens is 1. The summed E-state index contributed by atoms with van der Waals surface area (Å²) in [6, 6.07) is 5.08. The second-order valence-corrected chi connectivity index (χ2v) is 4.95. The van der Waals surface area contributed by atoms with Crippen molar-refractivity contribution in [2.45, 2.75) is 37.7 Å². The Morgan fingerprint density at radius 3 is 2.93 bits per heavy atom. The fraction of sp³-hybridized carbons (Fsp3) is 0.538. The fourth-order valence-electron chi connectivity index (χ4n) is 2.73. The van der Waals surface area contributed by atoms with E-state index in [4.69, 9.17) is 0 Å². The molecule has 1 unspecified atom stereocenters. The summed E-state index contributed by atoms with van der Waals surface area (Å²) < 4.78 is 13.5. The van der Waals surface area contributed by atoms with Crippen molar-refractivity contribution in [3.05, 3.63) is 35.1 Å². The summed E-state index contributed by atoms with van der Waals surface area (Å²) in [5.74, 6) is 0.517. The van der Waals surface area contributed by atoms with E-state index in [1.165, 1.54) is 18.9 Å². The van der Waals surface area contributed by atoms with E-state index < -0.39 is 5.60 Å². The number of aliphatic hydroxyl groups is 1. The van der Waals surface area contributed by atoms with E-state index in [2.05, 4.69) is 0 Å². The molecule has 1 fully saturated rings. The Kier molecular flexibility index (Phi) is 1.90. The molecule has 2 aliphatic rings. The minimum absolute atomic E-state index is 0.153. The quantitative estimate of drug-likeness (QED) is 0.788. The minimum atomic E-state index is -0.738. The topological polar surface area (TPSA) is 20.2 Å². The van der Waals surface area contributed by atoms with Gasteiger partial charge >= 0.3 is 0 Å². The molecule has 1 atom stereocenters. The molecule has 1 nitrogen and oxygen atoms in total. The van der Waals surface area contributed by atoms with E-state index in [0.29, 0.717) is 18.8 Å². The van der Waals surface area contributed by atoms with Gasteiger partial charge in [-0.1, -0.05) is 25.0 Å². The van der Waals surface area contributed by atoms with Gasteiger partial charge in [0.1, 0.15) is 5.82 Å². The average Bonchev–Trinajstić information content (AvgIpc) is 2.93. The maximum Gasteiger partial charge on any atom is 0.126 e. The van der Waals surface area contributed by atoms with Gasteiger partial charge in [0.05, 0.1) is 5.60 Å². The zero-order chi connectivity index (χ0) is 10.5. The molecule has 2 aliphatic carbocycles. The zero-order valence-corrected chi connectivity index (χ0v) is 8.67. The van der Waals surface area contributed by atoms with Crippen LogP contribution in [0.2, 0.25) is 0 Å². The molecule has 0 aliphatic heterocycles. The van der Waals surface area contributed by atoms with Crippen LogP contribution in [0, 0.1) is 11.7 Å². The molecule has 80 valence electrons. The van der Waals surface area contributed by atoms with E-state index in [0.717, 1.165) is 17.5 Å². The van der Waals surface area contributed by atoms with Crippen molar-refractivity contribution in [1.29, 1.82) is 0 Å². The van der Waals surface area contributed by atoms with Crippen LogP contribution in [-0.2, 0) is 12.0 Å². The van der Waals surface area contributed by atoms with Crippen LogP contribution in [0.5, 0.6) is 0 Å². The van der Waals surface area contributed by atoms with Gasteiger partial charge in [-0.25, -0.2) is 4.39 Å². The maximum absolute atomic E-state index is 13.5. The van der Waals surface area contributed by atoms with Crippen LogP contribution in [0.15, 0.2) is 18.2 Å². The predicted octanol–water partition coefficient (Wildman–Crippen LogP) is 2.76. The second kappa shape index (κ2) is 3.05. The molecule has 2 heteroatoms. The number of hydrogen-bond acceptors (Lipinski definition) is 1. The third-order valence-electron chi connectivity index (χ3n) is 3.73. The SMILES string of the molecule is OC1(CC2CC2)CCc2c(F)cccc21. The lowest BCUT2D eigenvalue weighted by molar-refractivity contribution is 0.0237. The van der Waals surface area contributed by atoms with Crippen LogP contribution in [0.25, 0.3) is 0 Å². The standard InChI is InChI=1S/C13H15FO/c14-12-3-1-2-11-10(12)6-7-13(11,15)8-9-4-5-9/h1-3,9,15H,4-8H2. The third-order valence-corrected chi connectivity index (χ3v) is 3.73. The molecule has 3 rings (SSSR count). The Morgan fingerprint density at radius 1 is 1.40 bits per heavy atom. The van der Waals surface area contributed by atoms with E-state index in [1.807, 2.05) is 6.07 Å². The molecule has 1 aromatic rings. The average molecular weight is 206 g/mol. The van der Waals surface area contributed by atoms with Gasteiger partial charge in [-0.15, -0.1) is 0 Å². The van der Waals surface area contributed by atoms with Crippen molar-refractivity contribution in [1.82, 2.24) is 0 Å². The van der Waals surface area contributed by atoms with Crippen LogP contribution in [0.1, 0.15) is 36.8 Å². The summed E-state index contributed by atoms with van der Waals surface area (Å²) in [7, 11) is 0. The van der Waals surface area contributed by atoms with Gasteiger partial charge in [0.15, 0.2) is 0 Å². The largest absolute Gasteiger partial charge is 0.385 e. The van der Waals surface area contributed by atoms with E-state index in [1.54, 1.807) is 6.07 Å². The summed E-state index contributed by atoms with van der Waals surface area (Å²) in [6.45, 7) is 0. The highest BCUT2D eigenvalue weighted by atomic mass is 19.1. The Hall–Kier alpha value is -0.890. The van der Waals surface area contributed by atoms with Crippen molar-refractivity contribution in [3.63, 3.8) is 0 Å². The van der Waals surface area contributed by atoms with Gasteiger partial charge in [-0.05, 0) is 42.4 Å². The Labute approximate surface area is 88.9 Å². The van der Waals surface area contributed by atoms with Gasteiger partial charge in [-0.3, -0.25) is 0 Å². The molecule has 15 heavy (non-hydrogen) atoms. The molecular weight excluding hydrogens is 191 g/mol. The number of rotatable bonds is 2. The fourth-order valence-corrected chi connectivity index (χ4v) is 2.73. The Balaban J connectivity index is 1.98. The van der Waals surface area contributed by atoms with Crippen molar-refractivity contribution in [2.24, 2.45) is 5.92 Å². The molecule has 0 spiro atoms. The molecular formula is C13H15FO. The van der Waals surface area contributed by atoms with Crippen LogP contribution in [-0.4, -0.2) is 5.11 Å². The van der Waals surface area contributed by atoms with Gasteiger partial charge < -0.3 is 5.11 Å².